The van der Waals surface area contributed by atoms with Crippen LogP contribution in [-0.4, -0.2) is 0 Å². The van der Waals surface area contributed by atoms with Crippen molar-refractivity contribution < 1.29 is 0 Å². The third-order valence-electron chi connectivity index (χ3n) is 3.11. The van der Waals surface area contributed by atoms with Crippen LogP contribution in [0.25, 0.3) is 0 Å². The van der Waals surface area contributed by atoms with Crippen LogP contribution in [0.15, 0.2) is 42.5 Å². The van der Waals surface area contributed by atoms with Crippen LogP contribution in [0.1, 0.15) is 23.6 Å². The Hall–Kier alpha value is -1.47. The molecule has 0 unspecified atom stereocenters. The summed E-state index contributed by atoms with van der Waals surface area (Å²) in [6.07, 6.45) is 1.08. The Labute approximate surface area is 114 Å². The second kappa shape index (κ2) is 5.92. The molecule has 0 fully saturated rings. The third-order valence-corrected chi connectivity index (χ3v) is 3.35. The third kappa shape index (κ3) is 3.27. The van der Waals surface area contributed by atoms with Crippen LogP contribution >= 0.6 is 11.6 Å². The molecule has 94 valence electrons. The van der Waals surface area contributed by atoms with Crippen molar-refractivity contribution in [3.05, 3.63) is 64.2 Å². The number of aryl methyl sites for hydroxylation is 2. The number of halogens is 1. The largest absolute Gasteiger partial charge is 0.381 e. The number of rotatable bonds is 4. The molecule has 1 nitrogen and oxygen atoms in total. The Kier molecular flexibility index (Phi) is 4.27. The van der Waals surface area contributed by atoms with Gasteiger partial charge in [-0.05, 0) is 42.2 Å². The minimum absolute atomic E-state index is 0.768. The van der Waals surface area contributed by atoms with E-state index in [4.69, 9.17) is 11.6 Å². The van der Waals surface area contributed by atoms with Crippen LogP contribution in [-0.2, 0) is 13.0 Å². The summed E-state index contributed by atoms with van der Waals surface area (Å²) in [5.41, 5.74) is 4.97. The normalized spacial score (nSPS) is 10.4. The van der Waals surface area contributed by atoms with E-state index in [9.17, 15) is 0 Å². The van der Waals surface area contributed by atoms with E-state index in [0.29, 0.717) is 0 Å². The maximum absolute atomic E-state index is 6.00. The quantitative estimate of drug-likeness (QED) is 0.830. The van der Waals surface area contributed by atoms with E-state index in [-0.39, 0.29) is 0 Å². The minimum Gasteiger partial charge on any atom is -0.381 e. The zero-order valence-corrected chi connectivity index (χ0v) is 11.6. The molecular weight excluding hydrogens is 242 g/mol. The standard InChI is InChI=1S/C16H18ClN/c1-3-13-5-7-14(8-6-13)11-18-16-10-15(17)9-4-12(16)2/h4-10,18H,3,11H2,1-2H3. The molecule has 0 aliphatic rings. The number of benzene rings is 2. The van der Waals surface area contributed by atoms with Crippen molar-refractivity contribution in [2.75, 3.05) is 5.32 Å². The molecular formula is C16H18ClN. The monoisotopic (exact) mass is 259 g/mol. The van der Waals surface area contributed by atoms with Gasteiger partial charge in [0, 0.05) is 17.3 Å². The van der Waals surface area contributed by atoms with Crippen LogP contribution in [0.4, 0.5) is 5.69 Å². The molecule has 0 amide bonds. The van der Waals surface area contributed by atoms with Gasteiger partial charge >= 0.3 is 0 Å². The molecule has 0 aromatic heterocycles. The first-order valence-electron chi connectivity index (χ1n) is 6.27. The van der Waals surface area contributed by atoms with Crippen molar-refractivity contribution in [2.24, 2.45) is 0 Å². The van der Waals surface area contributed by atoms with E-state index >= 15 is 0 Å². The number of nitrogens with one attached hydrogen (secondary N) is 1. The lowest BCUT2D eigenvalue weighted by Gasteiger charge is -2.10. The lowest BCUT2D eigenvalue weighted by atomic mass is 10.1. The van der Waals surface area contributed by atoms with E-state index in [0.717, 1.165) is 23.7 Å². The Morgan fingerprint density at radius 1 is 1.00 bits per heavy atom. The van der Waals surface area contributed by atoms with Gasteiger partial charge in [-0.2, -0.15) is 0 Å². The van der Waals surface area contributed by atoms with Crippen molar-refractivity contribution in [1.29, 1.82) is 0 Å². The van der Waals surface area contributed by atoms with Crippen molar-refractivity contribution in [1.82, 2.24) is 0 Å². The predicted octanol–water partition coefficient (Wildman–Crippen LogP) is 4.82. The molecule has 2 rings (SSSR count). The topological polar surface area (TPSA) is 12.0 Å². The minimum atomic E-state index is 0.768. The fraction of sp³-hybridized carbons (Fsp3) is 0.250. The molecule has 0 saturated heterocycles. The summed E-state index contributed by atoms with van der Waals surface area (Å²) in [4.78, 5) is 0. The van der Waals surface area contributed by atoms with Crippen LogP contribution < -0.4 is 5.32 Å². The second-order valence-corrected chi connectivity index (χ2v) is 4.92. The summed E-state index contributed by atoms with van der Waals surface area (Å²) in [6, 6.07) is 14.6. The molecule has 2 aromatic carbocycles. The molecule has 1 N–H and O–H groups in total. The molecule has 2 aromatic rings. The molecule has 0 radical (unpaired) electrons. The summed E-state index contributed by atoms with van der Waals surface area (Å²) in [6.45, 7) is 5.08. The van der Waals surface area contributed by atoms with Gasteiger partial charge in [0.25, 0.3) is 0 Å². The highest BCUT2D eigenvalue weighted by molar-refractivity contribution is 6.30. The van der Waals surface area contributed by atoms with E-state index in [1.54, 1.807) is 0 Å². The Bertz CT molecular complexity index is 517. The van der Waals surface area contributed by atoms with Gasteiger partial charge in [0.1, 0.15) is 0 Å². The van der Waals surface area contributed by atoms with Crippen molar-refractivity contribution in [3.63, 3.8) is 0 Å². The fourth-order valence-corrected chi connectivity index (χ4v) is 2.05. The summed E-state index contributed by atoms with van der Waals surface area (Å²) < 4.78 is 0. The van der Waals surface area contributed by atoms with Gasteiger partial charge in [0.15, 0.2) is 0 Å². The van der Waals surface area contributed by atoms with E-state index in [2.05, 4.69) is 43.4 Å². The first-order chi connectivity index (χ1) is 8.69. The van der Waals surface area contributed by atoms with Crippen LogP contribution in [0.3, 0.4) is 0 Å². The predicted molar refractivity (Wildman–Crippen MR) is 79.3 cm³/mol. The van der Waals surface area contributed by atoms with Crippen LogP contribution in [0.5, 0.6) is 0 Å². The lowest BCUT2D eigenvalue weighted by molar-refractivity contribution is 1.10. The van der Waals surface area contributed by atoms with E-state index in [1.807, 2.05) is 18.2 Å². The molecule has 2 heteroatoms. The van der Waals surface area contributed by atoms with Gasteiger partial charge in [-0.3, -0.25) is 0 Å². The van der Waals surface area contributed by atoms with Crippen molar-refractivity contribution in [3.8, 4) is 0 Å². The van der Waals surface area contributed by atoms with Crippen molar-refractivity contribution in [2.45, 2.75) is 26.8 Å². The molecule has 0 bridgehead atoms. The van der Waals surface area contributed by atoms with Gasteiger partial charge < -0.3 is 5.32 Å². The van der Waals surface area contributed by atoms with Gasteiger partial charge in [-0.25, -0.2) is 0 Å². The first kappa shape index (κ1) is 13.0. The highest BCUT2D eigenvalue weighted by atomic mass is 35.5. The van der Waals surface area contributed by atoms with Crippen molar-refractivity contribution >= 4 is 17.3 Å². The number of anilines is 1. The Morgan fingerprint density at radius 3 is 2.33 bits per heavy atom. The highest BCUT2D eigenvalue weighted by Gasteiger charge is 1.99. The lowest BCUT2D eigenvalue weighted by Crippen LogP contribution is -2.01. The molecule has 0 atom stereocenters. The maximum atomic E-state index is 6.00. The average molecular weight is 260 g/mol. The SMILES string of the molecule is CCc1ccc(CNc2cc(Cl)ccc2C)cc1. The highest BCUT2D eigenvalue weighted by Crippen LogP contribution is 2.20. The molecule has 0 saturated carbocycles. The number of hydrogen-bond donors (Lipinski definition) is 1. The average Bonchev–Trinajstić information content (AvgIpc) is 2.40. The van der Waals surface area contributed by atoms with Gasteiger partial charge in [0.2, 0.25) is 0 Å². The second-order valence-electron chi connectivity index (χ2n) is 4.48. The van der Waals surface area contributed by atoms with E-state index < -0.39 is 0 Å². The fourth-order valence-electron chi connectivity index (χ4n) is 1.87. The molecule has 18 heavy (non-hydrogen) atoms. The zero-order chi connectivity index (χ0) is 13.0. The van der Waals surface area contributed by atoms with Gasteiger partial charge in [-0.15, -0.1) is 0 Å². The molecule has 0 aliphatic carbocycles. The van der Waals surface area contributed by atoms with E-state index in [1.165, 1.54) is 16.7 Å². The Morgan fingerprint density at radius 2 is 1.67 bits per heavy atom. The number of hydrogen-bond acceptors (Lipinski definition) is 1. The summed E-state index contributed by atoms with van der Waals surface area (Å²) in [7, 11) is 0. The first-order valence-corrected chi connectivity index (χ1v) is 6.64. The molecule has 0 heterocycles. The summed E-state index contributed by atoms with van der Waals surface area (Å²) >= 11 is 6.00. The van der Waals surface area contributed by atoms with Gasteiger partial charge in [-0.1, -0.05) is 48.9 Å². The summed E-state index contributed by atoms with van der Waals surface area (Å²) in [5, 5.41) is 4.19. The summed E-state index contributed by atoms with van der Waals surface area (Å²) in [5.74, 6) is 0. The smallest absolute Gasteiger partial charge is 0.0426 e. The Balaban J connectivity index is 2.04. The molecule has 0 spiro atoms. The molecule has 0 aliphatic heterocycles. The van der Waals surface area contributed by atoms with Gasteiger partial charge in [0.05, 0.1) is 0 Å². The van der Waals surface area contributed by atoms with Crippen LogP contribution in [0.2, 0.25) is 5.02 Å². The van der Waals surface area contributed by atoms with Crippen LogP contribution in [0, 0.1) is 6.92 Å². The zero-order valence-electron chi connectivity index (χ0n) is 10.8. The maximum Gasteiger partial charge on any atom is 0.0426 e.